The highest BCUT2D eigenvalue weighted by molar-refractivity contribution is 5.94. The van der Waals surface area contributed by atoms with Crippen LogP contribution in [0.25, 0.3) is 0 Å². The van der Waals surface area contributed by atoms with Crippen LogP contribution < -0.4 is 10.1 Å². The van der Waals surface area contributed by atoms with Gasteiger partial charge in [-0.05, 0) is 36.2 Å². The lowest BCUT2D eigenvalue weighted by molar-refractivity contribution is -0.121. The number of carbonyl (C=O) groups is 2. The van der Waals surface area contributed by atoms with Crippen molar-refractivity contribution >= 4 is 11.8 Å². The van der Waals surface area contributed by atoms with Crippen LogP contribution in [0.1, 0.15) is 39.8 Å². The van der Waals surface area contributed by atoms with Gasteiger partial charge in [0.25, 0.3) is 5.91 Å². The van der Waals surface area contributed by atoms with E-state index in [0.717, 1.165) is 22.7 Å². The maximum absolute atomic E-state index is 13.5. The minimum Gasteiger partial charge on any atom is -0.494 e. The molecule has 2 aliphatic heterocycles. The Bertz CT molecular complexity index is 1110. The second-order valence-corrected chi connectivity index (χ2v) is 7.72. The molecule has 31 heavy (non-hydrogen) atoms. The van der Waals surface area contributed by atoms with Gasteiger partial charge in [0.05, 0.1) is 35.9 Å². The van der Waals surface area contributed by atoms with Gasteiger partial charge < -0.3 is 19.5 Å². The van der Waals surface area contributed by atoms with Crippen molar-refractivity contribution in [3.8, 4) is 5.75 Å². The zero-order valence-electron chi connectivity index (χ0n) is 17.0. The third-order valence-electron chi connectivity index (χ3n) is 5.69. The maximum Gasteiger partial charge on any atom is 0.256 e. The minimum absolute atomic E-state index is 0.0828. The van der Waals surface area contributed by atoms with Crippen LogP contribution in [-0.2, 0) is 17.8 Å². The number of ether oxygens (including phenoxy) is 1. The fraction of sp³-hybridized carbons (Fsp3) is 0.304. The van der Waals surface area contributed by atoms with E-state index in [2.05, 4.69) is 15.3 Å². The molecule has 8 heteroatoms. The average Bonchev–Trinajstić information content (AvgIpc) is 3.21. The predicted octanol–water partition coefficient (Wildman–Crippen LogP) is 1.96. The number of imidazole rings is 1. The van der Waals surface area contributed by atoms with Crippen molar-refractivity contribution in [1.82, 2.24) is 24.8 Å². The number of aromatic nitrogens is 3. The lowest BCUT2D eigenvalue weighted by Gasteiger charge is -2.36. The Hall–Kier alpha value is -3.68. The number of hydrogen-bond acceptors (Lipinski definition) is 5. The number of rotatable bonds is 1. The molecule has 2 bridgehead atoms. The van der Waals surface area contributed by atoms with Gasteiger partial charge >= 0.3 is 0 Å². The Morgan fingerprint density at radius 3 is 3.03 bits per heavy atom. The van der Waals surface area contributed by atoms with E-state index in [-0.39, 0.29) is 24.4 Å². The largest absolute Gasteiger partial charge is 0.494 e. The summed E-state index contributed by atoms with van der Waals surface area (Å²) in [5.74, 6) is 0.562. The molecule has 0 spiro atoms. The van der Waals surface area contributed by atoms with Gasteiger partial charge in [-0.1, -0.05) is 12.1 Å². The zero-order chi connectivity index (χ0) is 21.2. The highest BCUT2D eigenvalue weighted by Crippen LogP contribution is 2.37. The van der Waals surface area contributed by atoms with Crippen molar-refractivity contribution in [3.05, 3.63) is 77.6 Å². The van der Waals surface area contributed by atoms with Crippen LogP contribution in [-0.4, -0.2) is 50.9 Å². The Morgan fingerprint density at radius 1 is 1.23 bits per heavy atom. The molecule has 8 nitrogen and oxygen atoms in total. The topological polar surface area (TPSA) is 89.4 Å². The van der Waals surface area contributed by atoms with Crippen LogP contribution in [0.2, 0.25) is 0 Å². The molecule has 0 fully saturated rings. The van der Waals surface area contributed by atoms with Crippen molar-refractivity contribution in [1.29, 1.82) is 0 Å². The third-order valence-corrected chi connectivity index (χ3v) is 5.69. The molecule has 4 heterocycles. The summed E-state index contributed by atoms with van der Waals surface area (Å²) >= 11 is 0. The first-order valence-corrected chi connectivity index (χ1v) is 10.4. The first-order chi connectivity index (χ1) is 15.2. The molecule has 1 aromatic carbocycles. The first kappa shape index (κ1) is 19.3. The lowest BCUT2D eigenvalue weighted by Crippen LogP contribution is -2.42. The van der Waals surface area contributed by atoms with Gasteiger partial charge in [-0.2, -0.15) is 0 Å². The molecule has 0 saturated heterocycles. The molecular formula is C23H23N5O3. The molecule has 5 rings (SSSR count). The van der Waals surface area contributed by atoms with Crippen LogP contribution in [0.15, 0.2) is 55.1 Å². The summed E-state index contributed by atoms with van der Waals surface area (Å²) in [4.78, 5) is 36.5. The Labute approximate surface area is 179 Å². The van der Waals surface area contributed by atoms with Crippen molar-refractivity contribution < 1.29 is 14.3 Å². The number of fused-ring (bicyclic) bond motifs is 3. The number of amides is 2. The van der Waals surface area contributed by atoms with Gasteiger partial charge in [0.15, 0.2) is 0 Å². The Kier molecular flexibility index (Phi) is 5.11. The van der Waals surface area contributed by atoms with Crippen LogP contribution in [0, 0.1) is 0 Å². The SMILES string of the molecule is O=C1Cn2cnc3c2C(c2cccc(c2)OCCCN1)N(C(=O)c1cccnc1)CC3. The summed E-state index contributed by atoms with van der Waals surface area (Å²) in [7, 11) is 0. The fourth-order valence-electron chi connectivity index (χ4n) is 4.26. The number of nitrogens with zero attached hydrogens (tertiary/aromatic N) is 4. The molecule has 2 aromatic heterocycles. The highest BCUT2D eigenvalue weighted by atomic mass is 16.5. The molecule has 0 saturated carbocycles. The lowest BCUT2D eigenvalue weighted by atomic mass is 9.94. The predicted molar refractivity (Wildman–Crippen MR) is 113 cm³/mol. The smallest absolute Gasteiger partial charge is 0.256 e. The van der Waals surface area contributed by atoms with E-state index in [1.807, 2.05) is 33.7 Å². The summed E-state index contributed by atoms with van der Waals surface area (Å²) in [5, 5.41) is 2.93. The summed E-state index contributed by atoms with van der Waals surface area (Å²) in [5.41, 5.74) is 3.24. The van der Waals surface area contributed by atoms with E-state index in [4.69, 9.17) is 4.74 Å². The second kappa shape index (κ2) is 8.22. The van der Waals surface area contributed by atoms with E-state index in [9.17, 15) is 9.59 Å². The summed E-state index contributed by atoms with van der Waals surface area (Å²) in [6, 6.07) is 11.0. The van der Waals surface area contributed by atoms with E-state index < -0.39 is 0 Å². The fourth-order valence-corrected chi connectivity index (χ4v) is 4.26. The Balaban J connectivity index is 1.64. The molecule has 2 amide bonds. The number of nitrogens with one attached hydrogen (secondary N) is 1. The van der Waals surface area contributed by atoms with Crippen LogP contribution >= 0.6 is 0 Å². The van der Waals surface area contributed by atoms with E-state index in [0.29, 0.717) is 38.1 Å². The van der Waals surface area contributed by atoms with Gasteiger partial charge in [0.1, 0.15) is 12.3 Å². The molecule has 0 radical (unpaired) electrons. The molecular weight excluding hydrogens is 394 g/mol. The molecule has 158 valence electrons. The van der Waals surface area contributed by atoms with Crippen molar-refractivity contribution in [3.63, 3.8) is 0 Å². The van der Waals surface area contributed by atoms with Crippen LogP contribution in [0.4, 0.5) is 0 Å². The van der Waals surface area contributed by atoms with Gasteiger partial charge in [0.2, 0.25) is 5.91 Å². The Morgan fingerprint density at radius 2 is 2.16 bits per heavy atom. The average molecular weight is 417 g/mol. The van der Waals surface area contributed by atoms with Gasteiger partial charge in [-0.15, -0.1) is 0 Å². The highest BCUT2D eigenvalue weighted by Gasteiger charge is 2.36. The monoisotopic (exact) mass is 417 g/mol. The quantitative estimate of drug-likeness (QED) is 0.654. The number of pyridine rings is 1. The summed E-state index contributed by atoms with van der Waals surface area (Å²) in [6.45, 7) is 1.74. The molecule has 2 aliphatic rings. The minimum atomic E-state index is -0.379. The molecule has 1 unspecified atom stereocenters. The normalized spacial score (nSPS) is 18.5. The van der Waals surface area contributed by atoms with Crippen molar-refractivity contribution in [2.24, 2.45) is 0 Å². The molecule has 1 atom stereocenters. The zero-order valence-corrected chi connectivity index (χ0v) is 17.0. The molecule has 0 aliphatic carbocycles. The van der Waals surface area contributed by atoms with Gasteiger partial charge in [-0.3, -0.25) is 14.6 Å². The number of benzene rings is 1. The molecule has 3 aromatic rings. The van der Waals surface area contributed by atoms with Crippen LogP contribution in [0.5, 0.6) is 5.75 Å². The molecule has 1 N–H and O–H groups in total. The van der Waals surface area contributed by atoms with E-state index >= 15 is 0 Å². The van der Waals surface area contributed by atoms with Gasteiger partial charge in [0, 0.05) is 31.9 Å². The second-order valence-electron chi connectivity index (χ2n) is 7.72. The van der Waals surface area contributed by atoms with Gasteiger partial charge in [-0.25, -0.2) is 4.98 Å². The van der Waals surface area contributed by atoms with E-state index in [1.54, 1.807) is 30.9 Å². The standard InChI is InChI=1S/C23H23N5O3/c29-20-14-27-15-26-19-7-10-28(23(30)17-5-2-8-24-13-17)21(22(19)27)16-4-1-6-18(12-16)31-11-3-9-25-20/h1-2,4-6,8,12-13,15,21H,3,7,9-11,14H2,(H,25,29). The summed E-state index contributed by atoms with van der Waals surface area (Å²) in [6.07, 6.45) is 6.28. The summed E-state index contributed by atoms with van der Waals surface area (Å²) < 4.78 is 7.76. The van der Waals surface area contributed by atoms with Crippen molar-refractivity contribution in [2.75, 3.05) is 19.7 Å². The third kappa shape index (κ3) is 3.76. The van der Waals surface area contributed by atoms with E-state index in [1.165, 1.54) is 0 Å². The van der Waals surface area contributed by atoms with Crippen LogP contribution in [0.3, 0.4) is 0 Å². The first-order valence-electron chi connectivity index (χ1n) is 10.4. The number of hydrogen-bond donors (Lipinski definition) is 1. The van der Waals surface area contributed by atoms with Crippen molar-refractivity contribution in [2.45, 2.75) is 25.4 Å². The number of carbonyl (C=O) groups excluding carboxylic acids is 2. The maximum atomic E-state index is 13.5.